The number of carbonyl (C=O) groups is 4. The number of nitrogens with zero attached hydrogens (tertiary/aromatic N) is 2. The third-order valence-electron chi connectivity index (χ3n) is 5.15. The average Bonchev–Trinajstić information content (AvgIpc) is 3.03. The zero-order valence-corrected chi connectivity index (χ0v) is 20.2. The number of hydrogen-bond donors (Lipinski definition) is 2. The lowest BCUT2D eigenvalue weighted by Gasteiger charge is -2.37. The van der Waals surface area contributed by atoms with Gasteiger partial charge in [-0.3, -0.25) is 19.7 Å². The number of nitrogens with one attached hydrogen (secondary N) is 2. The molecule has 0 saturated carbocycles. The van der Waals surface area contributed by atoms with Crippen LogP contribution in [0, 0.1) is 6.92 Å². The van der Waals surface area contributed by atoms with Gasteiger partial charge < -0.3 is 19.9 Å². The van der Waals surface area contributed by atoms with Crippen molar-refractivity contribution in [3.05, 3.63) is 34.2 Å². The van der Waals surface area contributed by atoms with Crippen LogP contribution >= 0.6 is 11.8 Å². The summed E-state index contributed by atoms with van der Waals surface area (Å²) in [5.74, 6) is -0.400. The summed E-state index contributed by atoms with van der Waals surface area (Å²) in [4.78, 5) is 52.1. The second kappa shape index (κ2) is 10.3. The second-order valence-corrected chi connectivity index (χ2v) is 9.93. The Bertz CT molecular complexity index is 978. The van der Waals surface area contributed by atoms with E-state index in [1.807, 2.05) is 25.1 Å². The first-order valence-electron chi connectivity index (χ1n) is 10.9. The zero-order chi connectivity index (χ0) is 24.2. The summed E-state index contributed by atoms with van der Waals surface area (Å²) in [5, 5.41) is 4.53. The highest BCUT2D eigenvalue weighted by Gasteiger charge is 2.27. The van der Waals surface area contributed by atoms with Gasteiger partial charge in [-0.15, -0.1) is 0 Å². The number of thioether (sulfide) groups is 1. The minimum atomic E-state index is -0.579. The molecule has 0 radical (unpaired) electrons. The molecule has 10 heteroatoms. The van der Waals surface area contributed by atoms with E-state index in [-0.39, 0.29) is 30.0 Å². The summed E-state index contributed by atoms with van der Waals surface area (Å²) in [6.45, 7) is 9.99. The van der Waals surface area contributed by atoms with Gasteiger partial charge in [-0.2, -0.15) is 0 Å². The Hall–Kier alpha value is -3.01. The Morgan fingerprint density at radius 1 is 1.18 bits per heavy atom. The highest BCUT2D eigenvalue weighted by Crippen LogP contribution is 2.32. The van der Waals surface area contributed by atoms with E-state index in [2.05, 4.69) is 15.5 Å². The molecule has 4 amide bonds. The Labute approximate surface area is 197 Å². The molecule has 0 unspecified atom stereocenters. The van der Waals surface area contributed by atoms with Crippen molar-refractivity contribution in [3.8, 4) is 0 Å². The quantitative estimate of drug-likeness (QED) is 0.632. The SMILES string of the molecule is Cc1cccc(C=C2SC(=O)NC2=O)c1N1CCN(C(=O)CCNC(=O)OC(C)(C)C)CC1. The Balaban J connectivity index is 1.57. The lowest BCUT2D eigenvalue weighted by molar-refractivity contribution is -0.131. The fraction of sp³-hybridized carbons (Fsp3) is 0.478. The number of ether oxygens (including phenoxy) is 1. The molecule has 2 saturated heterocycles. The van der Waals surface area contributed by atoms with E-state index < -0.39 is 11.7 Å². The maximum atomic E-state index is 12.6. The van der Waals surface area contributed by atoms with E-state index in [4.69, 9.17) is 4.74 Å². The molecule has 2 N–H and O–H groups in total. The number of para-hydroxylation sites is 1. The smallest absolute Gasteiger partial charge is 0.407 e. The minimum absolute atomic E-state index is 0.0182. The standard InChI is InChI=1S/C23H30N4O5S/c1-15-6-5-7-16(14-17-20(29)25-22(31)33-17)19(15)27-12-10-26(11-13-27)18(28)8-9-24-21(30)32-23(2,3)4/h5-7,14H,8-13H2,1-4H3,(H,24,30)(H,25,29,31). The number of carbonyl (C=O) groups excluding carboxylic acids is 4. The van der Waals surface area contributed by atoms with E-state index in [0.717, 1.165) is 28.6 Å². The van der Waals surface area contributed by atoms with Gasteiger partial charge in [0.1, 0.15) is 5.60 Å². The molecule has 2 fully saturated rings. The Morgan fingerprint density at radius 2 is 1.88 bits per heavy atom. The summed E-state index contributed by atoms with van der Waals surface area (Å²) in [5.41, 5.74) is 2.34. The van der Waals surface area contributed by atoms with E-state index in [1.54, 1.807) is 31.7 Å². The summed E-state index contributed by atoms with van der Waals surface area (Å²) in [7, 11) is 0. The van der Waals surface area contributed by atoms with Gasteiger partial charge in [0.05, 0.1) is 4.91 Å². The first kappa shape index (κ1) is 24.6. The molecular formula is C23H30N4O5S. The molecule has 0 atom stereocenters. The van der Waals surface area contributed by atoms with Crippen molar-refractivity contribution in [3.63, 3.8) is 0 Å². The molecule has 2 heterocycles. The fourth-order valence-corrected chi connectivity index (χ4v) is 4.39. The molecule has 1 aromatic rings. The van der Waals surface area contributed by atoms with Crippen LogP contribution < -0.4 is 15.5 Å². The number of rotatable bonds is 5. The molecule has 9 nitrogen and oxygen atoms in total. The highest BCUT2D eigenvalue weighted by molar-refractivity contribution is 8.18. The van der Waals surface area contributed by atoms with Gasteiger partial charge in [-0.05, 0) is 56.7 Å². The Kier molecular flexibility index (Phi) is 7.68. The van der Waals surface area contributed by atoms with Crippen LogP contribution in [-0.4, -0.2) is 66.4 Å². The third kappa shape index (κ3) is 6.74. The number of aryl methyl sites for hydroxylation is 1. The molecule has 0 aromatic heterocycles. The largest absolute Gasteiger partial charge is 0.444 e. The predicted octanol–water partition coefficient (Wildman–Crippen LogP) is 2.88. The molecule has 0 bridgehead atoms. The van der Waals surface area contributed by atoms with Crippen LogP contribution in [0.25, 0.3) is 6.08 Å². The van der Waals surface area contributed by atoms with Crippen molar-refractivity contribution in [1.29, 1.82) is 0 Å². The number of imide groups is 1. The average molecular weight is 475 g/mol. The van der Waals surface area contributed by atoms with Crippen molar-refractivity contribution in [2.75, 3.05) is 37.6 Å². The molecule has 1 aromatic carbocycles. The predicted molar refractivity (Wildman–Crippen MR) is 128 cm³/mol. The van der Waals surface area contributed by atoms with Crippen molar-refractivity contribution < 1.29 is 23.9 Å². The van der Waals surface area contributed by atoms with Crippen molar-refractivity contribution in [2.45, 2.75) is 39.7 Å². The van der Waals surface area contributed by atoms with Gasteiger partial charge >= 0.3 is 6.09 Å². The molecule has 33 heavy (non-hydrogen) atoms. The second-order valence-electron chi connectivity index (χ2n) is 8.91. The number of alkyl carbamates (subject to hydrolysis) is 1. The van der Waals surface area contributed by atoms with Crippen molar-refractivity contribution >= 4 is 46.7 Å². The van der Waals surface area contributed by atoms with Crippen LogP contribution in [0.5, 0.6) is 0 Å². The highest BCUT2D eigenvalue weighted by atomic mass is 32.2. The van der Waals surface area contributed by atoms with Gasteiger partial charge in [0, 0.05) is 44.8 Å². The van der Waals surface area contributed by atoms with Crippen molar-refractivity contribution in [2.24, 2.45) is 0 Å². The van der Waals surface area contributed by atoms with E-state index in [9.17, 15) is 19.2 Å². The molecule has 0 spiro atoms. The van der Waals surface area contributed by atoms with Gasteiger partial charge in [0.25, 0.3) is 11.1 Å². The maximum absolute atomic E-state index is 12.6. The third-order valence-corrected chi connectivity index (χ3v) is 5.96. The number of anilines is 1. The summed E-state index contributed by atoms with van der Waals surface area (Å²) >= 11 is 0.898. The van der Waals surface area contributed by atoms with E-state index in [1.165, 1.54) is 0 Å². The topological polar surface area (TPSA) is 108 Å². The fourth-order valence-electron chi connectivity index (χ4n) is 3.72. The van der Waals surface area contributed by atoms with Crippen molar-refractivity contribution in [1.82, 2.24) is 15.5 Å². The number of piperazine rings is 1. The van der Waals surface area contributed by atoms with Crippen LogP contribution in [0.4, 0.5) is 15.3 Å². The van der Waals surface area contributed by atoms with Crippen LogP contribution in [-0.2, 0) is 14.3 Å². The lowest BCUT2D eigenvalue weighted by atomic mass is 10.0. The molecule has 0 aliphatic carbocycles. The lowest BCUT2D eigenvalue weighted by Crippen LogP contribution is -2.49. The molecule has 2 aliphatic heterocycles. The van der Waals surface area contributed by atoms with Gasteiger partial charge in [0.15, 0.2) is 0 Å². The Morgan fingerprint density at radius 3 is 2.48 bits per heavy atom. The summed E-state index contributed by atoms with van der Waals surface area (Å²) in [6, 6.07) is 5.85. The van der Waals surface area contributed by atoms with Gasteiger partial charge in [-0.1, -0.05) is 18.2 Å². The molecule has 3 rings (SSSR count). The van der Waals surface area contributed by atoms with Crippen LogP contribution in [0.15, 0.2) is 23.1 Å². The van der Waals surface area contributed by atoms with Gasteiger partial charge in [0.2, 0.25) is 5.91 Å². The molecule has 178 valence electrons. The van der Waals surface area contributed by atoms with E-state index >= 15 is 0 Å². The summed E-state index contributed by atoms with van der Waals surface area (Å²) < 4.78 is 5.18. The maximum Gasteiger partial charge on any atom is 0.407 e. The minimum Gasteiger partial charge on any atom is -0.444 e. The number of amides is 4. The first-order chi connectivity index (χ1) is 15.5. The van der Waals surface area contributed by atoms with Gasteiger partial charge in [-0.25, -0.2) is 4.79 Å². The number of hydrogen-bond acceptors (Lipinski definition) is 7. The van der Waals surface area contributed by atoms with Crippen LogP contribution in [0.2, 0.25) is 0 Å². The van der Waals surface area contributed by atoms with Crippen LogP contribution in [0.3, 0.4) is 0 Å². The molecular weight excluding hydrogens is 444 g/mol. The summed E-state index contributed by atoms with van der Waals surface area (Å²) in [6.07, 6.45) is 1.42. The van der Waals surface area contributed by atoms with E-state index in [0.29, 0.717) is 31.1 Å². The first-order valence-corrected chi connectivity index (χ1v) is 11.7. The normalized spacial score (nSPS) is 17.9. The zero-order valence-electron chi connectivity index (χ0n) is 19.4. The molecule has 2 aliphatic rings. The van der Waals surface area contributed by atoms with Crippen LogP contribution in [0.1, 0.15) is 38.3 Å². The monoisotopic (exact) mass is 474 g/mol. The number of benzene rings is 1.